The zero-order chi connectivity index (χ0) is 4.83. The van der Waals surface area contributed by atoms with Crippen LogP contribution in [0.2, 0.25) is 0 Å². The molecule has 0 spiro atoms. The van der Waals surface area contributed by atoms with Crippen LogP contribution in [0.15, 0.2) is 0 Å². The average molecular weight is 202 g/mol. The van der Waals surface area contributed by atoms with Gasteiger partial charge in [0.05, 0.1) is 0 Å². The van der Waals surface area contributed by atoms with E-state index in [9.17, 15) is 0 Å². The molecule has 0 aliphatic heterocycles. The molecule has 0 unspecified atom stereocenters. The minimum absolute atomic E-state index is 0.406. The smallest absolute Gasteiger partial charge is 0.147 e. The van der Waals surface area contributed by atoms with Crippen LogP contribution in [0.1, 0.15) is 0 Å². The van der Waals surface area contributed by atoms with Gasteiger partial charge in [-0.2, -0.15) is 0 Å². The molecule has 0 rings (SSSR count). The number of halogens is 1. The van der Waals surface area contributed by atoms with Crippen LogP contribution in [0, 0.1) is 0 Å². The molecule has 0 aromatic heterocycles. The second-order valence-electron chi connectivity index (χ2n) is 0.720. The third-order valence-electron chi connectivity index (χ3n) is 0.278. The molecule has 0 saturated carbocycles. The van der Waals surface area contributed by atoms with Gasteiger partial charge >= 0.3 is 0 Å². The Morgan fingerprint density at radius 2 is 2.33 bits per heavy atom. The number of methoxy groups -OCH3 is 1. The van der Waals surface area contributed by atoms with E-state index in [-0.39, 0.29) is 0 Å². The van der Waals surface area contributed by atoms with Crippen molar-refractivity contribution in [1.82, 2.24) is 0 Å². The van der Waals surface area contributed by atoms with E-state index in [1.807, 2.05) is 0 Å². The SMILES string of the molecule is COCOCI. The Labute approximate surface area is 51.0 Å². The molecule has 0 aromatic rings. The van der Waals surface area contributed by atoms with Crippen molar-refractivity contribution in [1.29, 1.82) is 0 Å². The first-order chi connectivity index (χ1) is 2.91. The Kier molecular flexibility index (Phi) is 6.26. The third-order valence-corrected chi connectivity index (χ3v) is 0.719. The van der Waals surface area contributed by atoms with Gasteiger partial charge in [0.25, 0.3) is 0 Å². The minimum Gasteiger partial charge on any atom is -0.359 e. The highest BCUT2D eigenvalue weighted by Gasteiger charge is 1.72. The first-order valence-electron chi connectivity index (χ1n) is 1.54. The van der Waals surface area contributed by atoms with Crippen LogP contribution in [0.3, 0.4) is 0 Å². The molecule has 0 aliphatic carbocycles. The lowest BCUT2D eigenvalue weighted by Gasteiger charge is -1.92. The fourth-order valence-corrected chi connectivity index (χ4v) is 0.295. The number of rotatable bonds is 3. The summed E-state index contributed by atoms with van der Waals surface area (Å²) in [6.07, 6.45) is 0. The predicted molar refractivity (Wildman–Crippen MR) is 31.8 cm³/mol. The first kappa shape index (κ1) is 6.65. The minimum atomic E-state index is 0.406. The summed E-state index contributed by atoms with van der Waals surface area (Å²) in [4.78, 5) is 0. The van der Waals surface area contributed by atoms with Crippen LogP contribution in [0.4, 0.5) is 0 Å². The molecule has 6 heavy (non-hydrogen) atoms. The maximum Gasteiger partial charge on any atom is 0.147 e. The number of hydrogen-bond donors (Lipinski definition) is 0. The van der Waals surface area contributed by atoms with E-state index < -0.39 is 0 Å². The van der Waals surface area contributed by atoms with Crippen molar-refractivity contribution in [2.45, 2.75) is 0 Å². The summed E-state index contributed by atoms with van der Waals surface area (Å²) in [6.45, 7) is 0.406. The van der Waals surface area contributed by atoms with Crippen LogP contribution >= 0.6 is 22.6 Å². The Hall–Kier alpha value is 0.650. The summed E-state index contributed by atoms with van der Waals surface area (Å²) in [7, 11) is 1.60. The van der Waals surface area contributed by atoms with Crippen LogP contribution in [-0.4, -0.2) is 18.5 Å². The maximum atomic E-state index is 4.75. The lowest BCUT2D eigenvalue weighted by molar-refractivity contribution is -0.00617. The van der Waals surface area contributed by atoms with Gasteiger partial charge in [-0.1, -0.05) is 22.6 Å². The van der Waals surface area contributed by atoms with Gasteiger partial charge in [-0.3, -0.25) is 0 Å². The molecule has 0 amide bonds. The zero-order valence-corrected chi connectivity index (χ0v) is 5.77. The quantitative estimate of drug-likeness (QED) is 0.294. The topological polar surface area (TPSA) is 18.5 Å². The molecule has 0 saturated heterocycles. The van der Waals surface area contributed by atoms with Gasteiger partial charge in [-0.05, 0) is 0 Å². The number of alkyl halides is 1. The van der Waals surface area contributed by atoms with Crippen molar-refractivity contribution >= 4 is 22.6 Å². The largest absolute Gasteiger partial charge is 0.359 e. The lowest BCUT2D eigenvalue weighted by Crippen LogP contribution is -1.91. The van der Waals surface area contributed by atoms with Crippen LogP contribution < -0.4 is 0 Å². The summed E-state index contributed by atoms with van der Waals surface area (Å²) < 4.78 is 10.0. The standard InChI is InChI=1S/C3H7IO2/c1-5-3-6-2-4/h2-3H2,1H3. The molecule has 0 aromatic carbocycles. The van der Waals surface area contributed by atoms with Crippen molar-refractivity contribution in [3.63, 3.8) is 0 Å². The molecule has 3 heteroatoms. The van der Waals surface area contributed by atoms with E-state index in [4.69, 9.17) is 4.74 Å². The molecule has 0 fully saturated rings. The molecule has 2 nitrogen and oxygen atoms in total. The normalized spacial score (nSPS) is 9.00. The molecule has 0 N–H and O–H groups in total. The Morgan fingerprint density at radius 1 is 1.67 bits per heavy atom. The van der Waals surface area contributed by atoms with Crippen molar-refractivity contribution in [3.05, 3.63) is 0 Å². The van der Waals surface area contributed by atoms with Crippen LogP contribution in [0.25, 0.3) is 0 Å². The van der Waals surface area contributed by atoms with E-state index in [2.05, 4.69) is 27.3 Å². The number of hydrogen-bond acceptors (Lipinski definition) is 2. The van der Waals surface area contributed by atoms with Gasteiger partial charge in [0.1, 0.15) is 11.4 Å². The molecule has 0 atom stereocenters. The molecule has 38 valence electrons. The van der Waals surface area contributed by atoms with Gasteiger partial charge in [0, 0.05) is 7.11 Å². The van der Waals surface area contributed by atoms with E-state index in [1.54, 1.807) is 7.11 Å². The van der Waals surface area contributed by atoms with Gasteiger partial charge < -0.3 is 9.47 Å². The highest BCUT2D eigenvalue weighted by atomic mass is 127. The summed E-state index contributed by atoms with van der Waals surface area (Å²) in [5, 5.41) is 0. The Balaban J connectivity index is 2.34. The second-order valence-corrected chi connectivity index (χ2v) is 1.34. The summed E-state index contributed by atoms with van der Waals surface area (Å²) in [6, 6.07) is 0. The molecular weight excluding hydrogens is 195 g/mol. The average Bonchev–Trinajstić information content (AvgIpc) is 1.61. The zero-order valence-electron chi connectivity index (χ0n) is 3.61. The fraction of sp³-hybridized carbons (Fsp3) is 1.00. The highest BCUT2D eigenvalue weighted by molar-refractivity contribution is 14.1. The van der Waals surface area contributed by atoms with E-state index in [1.165, 1.54) is 0 Å². The van der Waals surface area contributed by atoms with E-state index >= 15 is 0 Å². The van der Waals surface area contributed by atoms with Crippen molar-refractivity contribution in [2.24, 2.45) is 0 Å². The molecule has 0 heterocycles. The first-order valence-corrected chi connectivity index (χ1v) is 3.07. The number of ether oxygens (including phenoxy) is 2. The predicted octanol–water partition coefficient (Wildman–Crippen LogP) is 0.999. The van der Waals surface area contributed by atoms with Crippen LogP contribution in [-0.2, 0) is 9.47 Å². The summed E-state index contributed by atoms with van der Waals surface area (Å²) in [5.41, 5.74) is 0. The third kappa shape index (κ3) is 4.65. The van der Waals surface area contributed by atoms with Gasteiger partial charge in [0.2, 0.25) is 0 Å². The van der Waals surface area contributed by atoms with Gasteiger partial charge in [0.15, 0.2) is 0 Å². The van der Waals surface area contributed by atoms with Crippen molar-refractivity contribution in [2.75, 3.05) is 18.5 Å². The Bertz CT molecular complexity index is 20.8. The maximum absolute atomic E-state index is 4.75. The lowest BCUT2D eigenvalue weighted by atomic mass is 11.4. The molecule has 0 bridgehead atoms. The van der Waals surface area contributed by atoms with Crippen molar-refractivity contribution < 1.29 is 9.47 Å². The van der Waals surface area contributed by atoms with Crippen molar-refractivity contribution in [3.8, 4) is 0 Å². The monoisotopic (exact) mass is 202 g/mol. The Morgan fingerprint density at radius 3 is 2.50 bits per heavy atom. The highest BCUT2D eigenvalue weighted by Crippen LogP contribution is 1.81. The second kappa shape index (κ2) is 5.65. The van der Waals surface area contributed by atoms with Gasteiger partial charge in [-0.15, -0.1) is 0 Å². The summed E-state index contributed by atoms with van der Waals surface area (Å²) in [5.74, 6) is 0. The van der Waals surface area contributed by atoms with E-state index in [0.717, 1.165) is 0 Å². The molecule has 0 radical (unpaired) electrons. The van der Waals surface area contributed by atoms with E-state index in [0.29, 0.717) is 11.4 Å². The molecular formula is C3H7IO2. The fourth-order valence-electron chi connectivity index (χ4n) is 0.115. The summed E-state index contributed by atoms with van der Waals surface area (Å²) >= 11 is 2.11. The van der Waals surface area contributed by atoms with Crippen LogP contribution in [0.5, 0.6) is 0 Å². The molecule has 0 aliphatic rings. The van der Waals surface area contributed by atoms with Gasteiger partial charge in [-0.25, -0.2) is 0 Å².